The lowest BCUT2D eigenvalue weighted by atomic mass is 9.97. The summed E-state index contributed by atoms with van der Waals surface area (Å²) in [6.45, 7) is 3.89. The molecule has 1 aromatic carbocycles. The molecule has 0 unspecified atom stereocenters. The highest BCUT2D eigenvalue weighted by atomic mass is 14.4. The van der Waals surface area contributed by atoms with Crippen LogP contribution in [-0.2, 0) is 6.42 Å². The van der Waals surface area contributed by atoms with Crippen LogP contribution in [0.25, 0.3) is 0 Å². The van der Waals surface area contributed by atoms with Gasteiger partial charge < -0.3 is 0 Å². The number of hydrogen-bond acceptors (Lipinski definition) is 0. The molecule has 62 valence electrons. The molecule has 0 N–H and O–H groups in total. The van der Waals surface area contributed by atoms with Gasteiger partial charge in [-0.1, -0.05) is 36.4 Å². The predicted octanol–water partition coefficient (Wildman–Crippen LogP) is 3.20. The molecule has 0 amide bonds. The monoisotopic (exact) mass is 158 g/mol. The molecular formula is C12H14. The number of hydrogen-bond donors (Lipinski definition) is 0. The molecule has 12 heavy (non-hydrogen) atoms. The molecule has 0 aliphatic heterocycles. The summed E-state index contributed by atoms with van der Waals surface area (Å²) in [4.78, 5) is 0. The van der Waals surface area contributed by atoms with Crippen LogP contribution in [0.15, 0.2) is 43.0 Å². The first-order valence-corrected chi connectivity index (χ1v) is 4.52. The molecule has 0 nitrogen and oxygen atoms in total. The molecule has 0 radical (unpaired) electrons. The Balaban J connectivity index is 2.09. The van der Waals surface area contributed by atoms with Crippen LogP contribution >= 0.6 is 0 Å². The second kappa shape index (κ2) is 2.78. The second-order valence-electron chi connectivity index (χ2n) is 3.73. The topological polar surface area (TPSA) is 0 Å². The molecule has 0 aromatic heterocycles. The summed E-state index contributed by atoms with van der Waals surface area (Å²) in [5, 5.41) is 0. The Morgan fingerprint density at radius 2 is 1.92 bits per heavy atom. The molecule has 1 aliphatic rings. The minimum Gasteiger partial charge on any atom is -0.103 e. The van der Waals surface area contributed by atoms with Gasteiger partial charge in [0.25, 0.3) is 0 Å². The van der Waals surface area contributed by atoms with Crippen molar-refractivity contribution in [1.82, 2.24) is 0 Å². The molecule has 0 spiro atoms. The number of rotatable bonds is 3. The summed E-state index contributed by atoms with van der Waals surface area (Å²) in [6, 6.07) is 10.7. The average Bonchev–Trinajstić information content (AvgIpc) is 2.88. The van der Waals surface area contributed by atoms with E-state index in [1.54, 1.807) is 0 Å². The van der Waals surface area contributed by atoms with Gasteiger partial charge in [0.2, 0.25) is 0 Å². The fourth-order valence-electron chi connectivity index (χ4n) is 1.62. The van der Waals surface area contributed by atoms with Gasteiger partial charge in [-0.2, -0.15) is 0 Å². The van der Waals surface area contributed by atoms with E-state index in [4.69, 9.17) is 0 Å². The molecule has 1 aliphatic carbocycles. The summed E-state index contributed by atoms with van der Waals surface area (Å²) in [5.74, 6) is 0. The Labute approximate surface area is 73.9 Å². The molecule has 0 bridgehead atoms. The molecule has 1 fully saturated rings. The number of benzene rings is 1. The molecule has 0 saturated heterocycles. The maximum Gasteiger partial charge on any atom is -0.00799 e. The highest BCUT2D eigenvalue weighted by Gasteiger charge is 2.38. The van der Waals surface area contributed by atoms with Crippen molar-refractivity contribution < 1.29 is 0 Å². The van der Waals surface area contributed by atoms with Gasteiger partial charge >= 0.3 is 0 Å². The van der Waals surface area contributed by atoms with Crippen LogP contribution in [0.2, 0.25) is 0 Å². The van der Waals surface area contributed by atoms with Crippen molar-refractivity contribution in [2.45, 2.75) is 19.3 Å². The maximum absolute atomic E-state index is 3.89. The standard InChI is InChI=1S/C12H14/c1-2-12(8-9-12)10-11-6-4-3-5-7-11/h2-7H,1,8-10H2. The van der Waals surface area contributed by atoms with Gasteiger partial charge in [-0.15, -0.1) is 6.58 Å². The Hall–Kier alpha value is -1.04. The van der Waals surface area contributed by atoms with Crippen molar-refractivity contribution in [3.8, 4) is 0 Å². The summed E-state index contributed by atoms with van der Waals surface area (Å²) >= 11 is 0. The summed E-state index contributed by atoms with van der Waals surface area (Å²) in [7, 11) is 0. The van der Waals surface area contributed by atoms with Crippen molar-refractivity contribution in [3.63, 3.8) is 0 Å². The van der Waals surface area contributed by atoms with E-state index in [0.29, 0.717) is 5.41 Å². The Bertz CT molecular complexity index is 267. The Morgan fingerprint density at radius 3 is 2.42 bits per heavy atom. The zero-order valence-corrected chi connectivity index (χ0v) is 7.29. The Morgan fingerprint density at radius 1 is 1.25 bits per heavy atom. The third-order valence-electron chi connectivity index (χ3n) is 2.72. The predicted molar refractivity (Wildman–Crippen MR) is 52.0 cm³/mol. The van der Waals surface area contributed by atoms with Gasteiger partial charge in [0.05, 0.1) is 0 Å². The lowest BCUT2D eigenvalue weighted by Gasteiger charge is -2.08. The SMILES string of the molecule is C=CC1(Cc2ccccc2)CC1. The minimum atomic E-state index is 0.460. The van der Waals surface area contributed by atoms with E-state index in [1.807, 2.05) is 0 Å². The smallest absolute Gasteiger partial charge is 0.00799 e. The van der Waals surface area contributed by atoms with Gasteiger partial charge in [0.15, 0.2) is 0 Å². The van der Waals surface area contributed by atoms with Crippen molar-refractivity contribution in [2.24, 2.45) is 5.41 Å². The summed E-state index contributed by atoms with van der Waals surface area (Å²) < 4.78 is 0. The second-order valence-corrected chi connectivity index (χ2v) is 3.73. The highest BCUT2D eigenvalue weighted by Crippen LogP contribution is 2.49. The lowest BCUT2D eigenvalue weighted by Crippen LogP contribution is -1.99. The van der Waals surface area contributed by atoms with Gasteiger partial charge in [0, 0.05) is 0 Å². The van der Waals surface area contributed by atoms with Crippen LogP contribution in [0.5, 0.6) is 0 Å². The molecule has 0 heteroatoms. The quantitative estimate of drug-likeness (QED) is 0.592. The van der Waals surface area contributed by atoms with Crippen molar-refractivity contribution in [1.29, 1.82) is 0 Å². The van der Waals surface area contributed by atoms with E-state index in [2.05, 4.69) is 43.0 Å². The number of allylic oxidation sites excluding steroid dienone is 1. The lowest BCUT2D eigenvalue weighted by molar-refractivity contribution is 0.650. The van der Waals surface area contributed by atoms with Gasteiger partial charge in [-0.3, -0.25) is 0 Å². The third kappa shape index (κ3) is 1.42. The summed E-state index contributed by atoms with van der Waals surface area (Å²) in [6.07, 6.45) is 5.95. The van der Waals surface area contributed by atoms with E-state index < -0.39 is 0 Å². The van der Waals surface area contributed by atoms with E-state index in [1.165, 1.54) is 24.8 Å². The van der Waals surface area contributed by atoms with Crippen LogP contribution < -0.4 is 0 Å². The van der Waals surface area contributed by atoms with E-state index in [9.17, 15) is 0 Å². The molecule has 1 aromatic rings. The first kappa shape index (κ1) is 7.60. The zero-order valence-electron chi connectivity index (χ0n) is 7.29. The van der Waals surface area contributed by atoms with E-state index in [0.717, 1.165) is 0 Å². The fourth-order valence-corrected chi connectivity index (χ4v) is 1.62. The average molecular weight is 158 g/mol. The summed E-state index contributed by atoms with van der Waals surface area (Å²) in [5.41, 5.74) is 1.90. The van der Waals surface area contributed by atoms with Crippen LogP contribution in [0.3, 0.4) is 0 Å². The van der Waals surface area contributed by atoms with Gasteiger partial charge in [-0.05, 0) is 30.2 Å². The molecule has 0 atom stereocenters. The fraction of sp³-hybridized carbons (Fsp3) is 0.333. The molecule has 2 rings (SSSR count). The van der Waals surface area contributed by atoms with Crippen molar-refractivity contribution >= 4 is 0 Å². The van der Waals surface area contributed by atoms with Crippen LogP contribution in [0.4, 0.5) is 0 Å². The normalized spacial score (nSPS) is 18.7. The van der Waals surface area contributed by atoms with Crippen LogP contribution in [-0.4, -0.2) is 0 Å². The van der Waals surface area contributed by atoms with Gasteiger partial charge in [-0.25, -0.2) is 0 Å². The van der Waals surface area contributed by atoms with E-state index >= 15 is 0 Å². The van der Waals surface area contributed by atoms with Gasteiger partial charge in [0.1, 0.15) is 0 Å². The van der Waals surface area contributed by atoms with E-state index in [-0.39, 0.29) is 0 Å². The minimum absolute atomic E-state index is 0.460. The maximum atomic E-state index is 3.89. The Kier molecular flexibility index (Phi) is 1.76. The first-order valence-electron chi connectivity index (χ1n) is 4.52. The third-order valence-corrected chi connectivity index (χ3v) is 2.72. The van der Waals surface area contributed by atoms with Crippen molar-refractivity contribution in [3.05, 3.63) is 48.6 Å². The van der Waals surface area contributed by atoms with Crippen LogP contribution in [0, 0.1) is 5.41 Å². The zero-order chi connectivity index (χ0) is 8.44. The highest BCUT2D eigenvalue weighted by molar-refractivity contribution is 5.21. The van der Waals surface area contributed by atoms with Crippen LogP contribution in [0.1, 0.15) is 18.4 Å². The molecule has 0 heterocycles. The first-order chi connectivity index (χ1) is 5.85. The largest absolute Gasteiger partial charge is 0.103 e. The molecule has 1 saturated carbocycles. The molecular weight excluding hydrogens is 144 g/mol. The van der Waals surface area contributed by atoms with Crippen molar-refractivity contribution in [2.75, 3.05) is 0 Å².